The van der Waals surface area contributed by atoms with Gasteiger partial charge in [0.25, 0.3) is 0 Å². The van der Waals surface area contributed by atoms with Crippen molar-refractivity contribution < 1.29 is 13.9 Å². The van der Waals surface area contributed by atoms with E-state index >= 15 is 0 Å². The standard InChI is InChI=1S/C28H26FN7O2.ClH/c1-17(2)25-16-27(36(35-25)19-6-8-23-18(13-19)5-4-11-31-23)34-28(37)33-24-9-7-20(14-22(24)29)38-21-10-12-32-26(15-21)30-3;/h4-17H,1-3H3,(H,30,32)(H2,33,34,37);1H. The minimum absolute atomic E-state index is 0. The number of halogens is 2. The Bertz CT molecular complexity index is 1620. The zero-order chi connectivity index (χ0) is 26.6. The third-order valence-electron chi connectivity index (χ3n) is 5.80. The molecule has 0 saturated carbocycles. The number of pyridine rings is 2. The molecule has 0 spiro atoms. The molecule has 5 rings (SSSR count). The van der Waals surface area contributed by atoms with Gasteiger partial charge in [-0.2, -0.15) is 5.10 Å². The van der Waals surface area contributed by atoms with Crippen molar-refractivity contribution in [2.45, 2.75) is 19.8 Å². The number of ether oxygens (including phenoxy) is 1. The summed E-state index contributed by atoms with van der Waals surface area (Å²) in [6.07, 6.45) is 3.32. The maximum atomic E-state index is 14.8. The van der Waals surface area contributed by atoms with Crippen molar-refractivity contribution in [1.82, 2.24) is 19.7 Å². The summed E-state index contributed by atoms with van der Waals surface area (Å²) in [5.41, 5.74) is 2.43. The molecule has 0 saturated heterocycles. The van der Waals surface area contributed by atoms with Crippen LogP contribution in [0.15, 0.2) is 79.1 Å². The number of aromatic nitrogens is 4. The van der Waals surface area contributed by atoms with Gasteiger partial charge in [0, 0.05) is 43.0 Å². The molecule has 200 valence electrons. The lowest BCUT2D eigenvalue weighted by Gasteiger charge is -2.12. The molecule has 0 fully saturated rings. The fourth-order valence-corrected chi connectivity index (χ4v) is 3.84. The Labute approximate surface area is 230 Å². The summed E-state index contributed by atoms with van der Waals surface area (Å²) >= 11 is 0. The molecule has 9 nitrogen and oxygen atoms in total. The van der Waals surface area contributed by atoms with Crippen molar-refractivity contribution in [2.75, 3.05) is 23.0 Å². The lowest BCUT2D eigenvalue weighted by Crippen LogP contribution is -2.22. The summed E-state index contributed by atoms with van der Waals surface area (Å²) < 4.78 is 22.2. The van der Waals surface area contributed by atoms with Crippen LogP contribution >= 0.6 is 12.4 Å². The van der Waals surface area contributed by atoms with Crippen LogP contribution in [-0.4, -0.2) is 32.8 Å². The quantitative estimate of drug-likeness (QED) is 0.203. The first-order chi connectivity index (χ1) is 18.4. The summed E-state index contributed by atoms with van der Waals surface area (Å²) in [6.45, 7) is 4.04. The van der Waals surface area contributed by atoms with E-state index in [0.29, 0.717) is 17.4 Å². The van der Waals surface area contributed by atoms with Crippen LogP contribution in [-0.2, 0) is 0 Å². The Hall–Kier alpha value is -4.70. The number of hydrogen-bond acceptors (Lipinski definition) is 6. The van der Waals surface area contributed by atoms with Crippen LogP contribution in [0.25, 0.3) is 16.6 Å². The first-order valence-electron chi connectivity index (χ1n) is 12.0. The van der Waals surface area contributed by atoms with Gasteiger partial charge in [0.15, 0.2) is 0 Å². The first kappa shape index (κ1) is 27.3. The SMILES string of the molecule is CNc1cc(Oc2ccc(NC(=O)Nc3cc(C(C)C)nn3-c3ccc4ncccc4c3)c(F)c2)ccn1.Cl. The molecule has 2 aromatic carbocycles. The van der Waals surface area contributed by atoms with Crippen molar-refractivity contribution in [3.8, 4) is 17.2 Å². The van der Waals surface area contributed by atoms with Crippen molar-refractivity contribution in [1.29, 1.82) is 0 Å². The molecule has 0 radical (unpaired) electrons. The zero-order valence-electron chi connectivity index (χ0n) is 21.5. The van der Waals surface area contributed by atoms with Gasteiger partial charge in [-0.3, -0.25) is 10.3 Å². The fraction of sp³-hybridized carbons (Fsp3) is 0.143. The Balaban J connectivity index is 0.00000353. The molecular weight excluding hydrogens is 521 g/mol. The van der Waals surface area contributed by atoms with Gasteiger partial charge in [0.05, 0.1) is 22.6 Å². The fourth-order valence-electron chi connectivity index (χ4n) is 3.84. The predicted octanol–water partition coefficient (Wildman–Crippen LogP) is 6.98. The van der Waals surface area contributed by atoms with E-state index in [2.05, 4.69) is 31.0 Å². The molecule has 0 unspecified atom stereocenters. The number of benzene rings is 2. The van der Waals surface area contributed by atoms with Gasteiger partial charge >= 0.3 is 6.03 Å². The minimum Gasteiger partial charge on any atom is -0.457 e. The second kappa shape index (κ2) is 11.8. The summed E-state index contributed by atoms with van der Waals surface area (Å²) in [6, 6.07) is 18.3. The van der Waals surface area contributed by atoms with E-state index in [0.717, 1.165) is 22.3 Å². The highest BCUT2D eigenvalue weighted by molar-refractivity contribution is 5.99. The Kier molecular flexibility index (Phi) is 8.26. The minimum atomic E-state index is -0.640. The molecule has 5 aromatic rings. The molecule has 39 heavy (non-hydrogen) atoms. The van der Waals surface area contributed by atoms with Crippen LogP contribution in [0, 0.1) is 5.82 Å². The molecule has 0 aliphatic carbocycles. The van der Waals surface area contributed by atoms with E-state index in [9.17, 15) is 9.18 Å². The smallest absolute Gasteiger partial charge is 0.324 e. The van der Waals surface area contributed by atoms with Gasteiger partial charge < -0.3 is 15.4 Å². The van der Waals surface area contributed by atoms with E-state index in [1.54, 1.807) is 48.4 Å². The molecule has 3 N–H and O–H groups in total. The van der Waals surface area contributed by atoms with Crippen LogP contribution < -0.4 is 20.7 Å². The summed E-state index contributed by atoms with van der Waals surface area (Å²) in [5.74, 6) is 1.36. The molecule has 11 heteroatoms. The third-order valence-corrected chi connectivity index (χ3v) is 5.80. The predicted molar refractivity (Wildman–Crippen MR) is 153 cm³/mol. The normalized spacial score (nSPS) is 10.7. The number of fused-ring (bicyclic) bond motifs is 1. The molecule has 0 atom stereocenters. The van der Waals surface area contributed by atoms with Crippen molar-refractivity contribution >= 4 is 46.7 Å². The van der Waals surface area contributed by atoms with E-state index in [1.807, 2.05) is 44.2 Å². The van der Waals surface area contributed by atoms with E-state index in [4.69, 9.17) is 4.74 Å². The third kappa shape index (κ3) is 6.24. The summed E-state index contributed by atoms with van der Waals surface area (Å²) in [5, 5.41) is 13.9. The van der Waals surface area contributed by atoms with Crippen LogP contribution in [0.5, 0.6) is 11.5 Å². The van der Waals surface area contributed by atoms with Crippen molar-refractivity contribution in [2.24, 2.45) is 0 Å². The highest BCUT2D eigenvalue weighted by Gasteiger charge is 2.16. The highest BCUT2D eigenvalue weighted by Crippen LogP contribution is 2.28. The monoisotopic (exact) mass is 547 g/mol. The summed E-state index contributed by atoms with van der Waals surface area (Å²) in [7, 11) is 1.74. The average Bonchev–Trinajstić information content (AvgIpc) is 3.34. The number of rotatable bonds is 7. The number of carbonyl (C=O) groups excluding carboxylic acids is 1. The number of urea groups is 1. The van der Waals surface area contributed by atoms with E-state index in [1.165, 1.54) is 12.1 Å². The maximum absolute atomic E-state index is 14.8. The van der Waals surface area contributed by atoms with E-state index < -0.39 is 11.8 Å². The topological polar surface area (TPSA) is 106 Å². The maximum Gasteiger partial charge on any atom is 0.324 e. The van der Waals surface area contributed by atoms with Crippen LogP contribution in [0.2, 0.25) is 0 Å². The number of hydrogen-bond donors (Lipinski definition) is 3. The van der Waals surface area contributed by atoms with E-state index in [-0.39, 0.29) is 29.8 Å². The van der Waals surface area contributed by atoms with Crippen LogP contribution in [0.1, 0.15) is 25.5 Å². The second-order valence-corrected chi connectivity index (χ2v) is 8.85. The second-order valence-electron chi connectivity index (χ2n) is 8.85. The van der Waals surface area contributed by atoms with Gasteiger partial charge in [0.1, 0.15) is 29.0 Å². The van der Waals surface area contributed by atoms with Gasteiger partial charge in [-0.15, -0.1) is 12.4 Å². The molecule has 2 amide bonds. The molecule has 0 aliphatic heterocycles. The van der Waals surface area contributed by atoms with Gasteiger partial charge in [0.2, 0.25) is 0 Å². The Morgan fingerprint density at radius 2 is 1.77 bits per heavy atom. The van der Waals surface area contributed by atoms with Gasteiger partial charge in [-0.25, -0.2) is 18.9 Å². The van der Waals surface area contributed by atoms with Crippen molar-refractivity contribution in [3.63, 3.8) is 0 Å². The number of amides is 2. The van der Waals surface area contributed by atoms with Gasteiger partial charge in [-0.1, -0.05) is 19.9 Å². The first-order valence-corrected chi connectivity index (χ1v) is 12.0. The lowest BCUT2D eigenvalue weighted by atomic mass is 10.1. The van der Waals surface area contributed by atoms with Crippen molar-refractivity contribution in [3.05, 3.63) is 90.6 Å². The number of nitrogens with zero attached hydrogens (tertiary/aromatic N) is 4. The van der Waals surface area contributed by atoms with Crippen LogP contribution in [0.4, 0.5) is 26.5 Å². The zero-order valence-corrected chi connectivity index (χ0v) is 22.3. The molecule has 0 bridgehead atoms. The van der Waals surface area contributed by atoms with Gasteiger partial charge in [-0.05, 0) is 48.4 Å². The number of anilines is 3. The largest absolute Gasteiger partial charge is 0.457 e. The Morgan fingerprint density at radius 3 is 2.54 bits per heavy atom. The molecular formula is C28H27ClFN7O2. The van der Waals surface area contributed by atoms with Crippen LogP contribution in [0.3, 0.4) is 0 Å². The lowest BCUT2D eigenvalue weighted by molar-refractivity contribution is 0.262. The molecule has 0 aliphatic rings. The Morgan fingerprint density at radius 1 is 0.949 bits per heavy atom. The number of nitrogens with one attached hydrogen (secondary N) is 3. The average molecular weight is 548 g/mol. The molecule has 3 heterocycles. The molecule has 3 aromatic heterocycles. The highest BCUT2D eigenvalue weighted by atomic mass is 35.5. The summed E-state index contributed by atoms with van der Waals surface area (Å²) in [4.78, 5) is 21.3. The number of carbonyl (C=O) groups is 1.